The topological polar surface area (TPSA) is 65.8 Å². The maximum absolute atomic E-state index is 12.3. The number of hydrogen-bond donors (Lipinski definition) is 1. The lowest BCUT2D eigenvalue weighted by Crippen LogP contribution is -2.44. The van der Waals surface area contributed by atoms with Crippen molar-refractivity contribution in [2.45, 2.75) is 19.8 Å². The molecule has 4 rings (SSSR count). The van der Waals surface area contributed by atoms with Crippen LogP contribution in [-0.4, -0.2) is 58.6 Å². The van der Waals surface area contributed by atoms with Gasteiger partial charge in [-0.1, -0.05) is 30.3 Å². The summed E-state index contributed by atoms with van der Waals surface area (Å²) < 4.78 is 1.77. The van der Waals surface area contributed by atoms with Gasteiger partial charge >= 0.3 is 0 Å². The Balaban J connectivity index is 1.45. The molecule has 0 saturated carbocycles. The first-order valence-corrected chi connectivity index (χ1v) is 9.73. The number of likely N-dealkylation sites (N-methyl/N-ethyl adjacent to an activating group) is 1. The molecule has 28 heavy (non-hydrogen) atoms. The summed E-state index contributed by atoms with van der Waals surface area (Å²) in [6.07, 6.45) is 3.11. The maximum Gasteiger partial charge on any atom is 0.249 e. The monoisotopic (exact) mass is 378 g/mol. The van der Waals surface area contributed by atoms with Crippen LogP contribution in [0, 0.1) is 6.92 Å². The number of piperazine rings is 1. The van der Waals surface area contributed by atoms with Crippen LogP contribution in [0.3, 0.4) is 0 Å². The summed E-state index contributed by atoms with van der Waals surface area (Å²) in [6, 6.07) is 12.1. The number of benzene rings is 1. The maximum atomic E-state index is 12.3. The van der Waals surface area contributed by atoms with Crippen LogP contribution < -0.4 is 10.2 Å². The van der Waals surface area contributed by atoms with Crippen molar-refractivity contribution in [3.8, 4) is 0 Å². The molecule has 0 unspecified atom stereocenters. The summed E-state index contributed by atoms with van der Waals surface area (Å²) in [5.74, 6) is 0.286. The summed E-state index contributed by atoms with van der Waals surface area (Å²) in [7, 11) is 2.15. The average molecular weight is 378 g/mol. The number of fused-ring (bicyclic) bond motifs is 1. The van der Waals surface area contributed by atoms with Gasteiger partial charge in [-0.3, -0.25) is 10.1 Å². The number of pyridine rings is 1. The van der Waals surface area contributed by atoms with Crippen molar-refractivity contribution in [2.75, 3.05) is 43.4 Å². The molecule has 1 aliphatic rings. The van der Waals surface area contributed by atoms with Crippen LogP contribution >= 0.6 is 0 Å². The van der Waals surface area contributed by atoms with Gasteiger partial charge in [-0.15, -0.1) is 5.10 Å². The Morgan fingerprint density at radius 1 is 1.14 bits per heavy atom. The van der Waals surface area contributed by atoms with Gasteiger partial charge in [-0.25, -0.2) is 4.52 Å². The summed E-state index contributed by atoms with van der Waals surface area (Å²) in [5, 5.41) is 7.31. The first kappa shape index (κ1) is 18.4. The lowest BCUT2D eigenvalue weighted by Gasteiger charge is -2.34. The molecule has 1 N–H and O–H groups in total. The van der Waals surface area contributed by atoms with Crippen LogP contribution in [0.4, 0.5) is 11.6 Å². The lowest BCUT2D eigenvalue weighted by molar-refractivity contribution is -0.116. The summed E-state index contributed by atoms with van der Waals surface area (Å²) in [6.45, 7) is 6.14. The number of carbonyl (C=O) groups is 1. The Labute approximate surface area is 165 Å². The first-order chi connectivity index (χ1) is 13.6. The highest BCUT2D eigenvalue weighted by atomic mass is 16.1. The standard InChI is InChI=1S/C21H26N6O/c1-16-14-18(26-12-10-25(2)11-13-26)15-27-20(16)23-21(24-27)22-19(28)9-8-17-6-4-3-5-7-17/h3-7,14-15H,8-13H2,1-2H3,(H,22,24,28). The number of rotatable bonds is 5. The van der Waals surface area contributed by atoms with E-state index < -0.39 is 0 Å². The SMILES string of the molecule is Cc1cc(N2CCN(C)CC2)cn2nc(NC(=O)CCc3ccccc3)nc12. The van der Waals surface area contributed by atoms with Crippen molar-refractivity contribution in [3.05, 3.63) is 53.7 Å². The third kappa shape index (κ3) is 4.14. The Morgan fingerprint density at radius 3 is 2.64 bits per heavy atom. The molecule has 7 nitrogen and oxygen atoms in total. The van der Waals surface area contributed by atoms with Gasteiger partial charge in [0.25, 0.3) is 0 Å². The van der Waals surface area contributed by atoms with E-state index in [1.165, 1.54) is 0 Å². The summed E-state index contributed by atoms with van der Waals surface area (Å²) in [4.78, 5) is 21.5. The normalized spacial score (nSPS) is 15.1. The molecule has 1 amide bonds. The zero-order valence-electron chi connectivity index (χ0n) is 16.4. The summed E-state index contributed by atoms with van der Waals surface area (Å²) >= 11 is 0. The third-order valence-electron chi connectivity index (χ3n) is 5.21. The second-order valence-electron chi connectivity index (χ2n) is 7.41. The quantitative estimate of drug-likeness (QED) is 0.738. The van der Waals surface area contributed by atoms with Crippen LogP contribution in [0.2, 0.25) is 0 Å². The van der Waals surface area contributed by atoms with E-state index in [4.69, 9.17) is 0 Å². The second-order valence-corrected chi connectivity index (χ2v) is 7.41. The Kier molecular flexibility index (Phi) is 5.25. The fraction of sp³-hybridized carbons (Fsp3) is 0.381. The van der Waals surface area contributed by atoms with E-state index in [9.17, 15) is 4.79 Å². The Bertz CT molecular complexity index is 960. The number of nitrogens with one attached hydrogen (secondary N) is 1. The van der Waals surface area contributed by atoms with E-state index >= 15 is 0 Å². The van der Waals surface area contributed by atoms with Gasteiger partial charge in [0.15, 0.2) is 5.65 Å². The van der Waals surface area contributed by atoms with Gasteiger partial charge in [0.05, 0.1) is 11.9 Å². The number of hydrogen-bond acceptors (Lipinski definition) is 5. The minimum atomic E-state index is -0.0725. The fourth-order valence-electron chi connectivity index (χ4n) is 3.51. The third-order valence-corrected chi connectivity index (χ3v) is 5.21. The van der Waals surface area contributed by atoms with Crippen molar-refractivity contribution in [2.24, 2.45) is 0 Å². The largest absolute Gasteiger partial charge is 0.368 e. The van der Waals surface area contributed by atoms with Crippen molar-refractivity contribution < 1.29 is 4.79 Å². The molecule has 146 valence electrons. The van der Waals surface area contributed by atoms with Crippen molar-refractivity contribution in [3.63, 3.8) is 0 Å². The van der Waals surface area contributed by atoms with Crippen LogP contribution in [0.25, 0.3) is 5.65 Å². The van der Waals surface area contributed by atoms with Gasteiger partial charge in [-0.2, -0.15) is 4.98 Å². The highest BCUT2D eigenvalue weighted by Crippen LogP contribution is 2.21. The van der Waals surface area contributed by atoms with Crippen LogP contribution in [0.5, 0.6) is 0 Å². The minimum absolute atomic E-state index is 0.0725. The molecule has 7 heteroatoms. The number of nitrogens with zero attached hydrogens (tertiary/aromatic N) is 5. The van der Waals surface area contributed by atoms with Gasteiger partial charge in [0, 0.05) is 32.6 Å². The average Bonchev–Trinajstić information content (AvgIpc) is 3.11. The van der Waals surface area contributed by atoms with E-state index in [0.717, 1.165) is 48.6 Å². The van der Waals surface area contributed by atoms with Gasteiger partial charge in [0.1, 0.15) is 0 Å². The summed E-state index contributed by atoms with van der Waals surface area (Å²) in [5.41, 5.74) is 4.11. The molecule has 3 aromatic rings. The molecule has 0 aliphatic carbocycles. The number of anilines is 2. The molecule has 1 saturated heterocycles. The Morgan fingerprint density at radius 2 is 1.89 bits per heavy atom. The molecule has 0 bridgehead atoms. The van der Waals surface area contributed by atoms with E-state index in [2.05, 4.69) is 38.3 Å². The molecule has 1 aliphatic heterocycles. The zero-order chi connectivity index (χ0) is 19.5. The highest BCUT2D eigenvalue weighted by molar-refractivity contribution is 5.89. The van der Waals surface area contributed by atoms with Gasteiger partial charge in [-0.05, 0) is 37.6 Å². The lowest BCUT2D eigenvalue weighted by atomic mass is 10.1. The zero-order valence-corrected chi connectivity index (χ0v) is 16.4. The van der Waals surface area contributed by atoms with Crippen molar-refractivity contribution in [1.29, 1.82) is 0 Å². The second kappa shape index (κ2) is 7.98. The van der Waals surface area contributed by atoms with Crippen LogP contribution in [-0.2, 0) is 11.2 Å². The van der Waals surface area contributed by atoms with E-state index in [1.54, 1.807) is 4.52 Å². The van der Waals surface area contributed by atoms with Gasteiger partial charge < -0.3 is 9.80 Å². The molecule has 1 fully saturated rings. The number of amides is 1. The fourth-order valence-corrected chi connectivity index (χ4v) is 3.51. The molecule has 0 atom stereocenters. The highest BCUT2D eigenvalue weighted by Gasteiger charge is 2.17. The number of carbonyl (C=O) groups excluding carboxylic acids is 1. The van der Waals surface area contributed by atoms with Crippen LogP contribution in [0.1, 0.15) is 17.5 Å². The molecular weight excluding hydrogens is 352 g/mol. The van der Waals surface area contributed by atoms with E-state index in [1.807, 2.05) is 43.5 Å². The minimum Gasteiger partial charge on any atom is -0.368 e. The predicted molar refractivity (Wildman–Crippen MR) is 111 cm³/mol. The molecule has 0 radical (unpaired) electrons. The molecule has 3 heterocycles. The number of aromatic nitrogens is 3. The van der Waals surface area contributed by atoms with Gasteiger partial charge in [0.2, 0.25) is 11.9 Å². The first-order valence-electron chi connectivity index (χ1n) is 9.73. The van der Waals surface area contributed by atoms with Crippen LogP contribution in [0.15, 0.2) is 42.6 Å². The Hall–Kier alpha value is -2.93. The molecular formula is C21H26N6O. The predicted octanol–water partition coefficient (Wildman–Crippen LogP) is 2.36. The molecule has 1 aromatic carbocycles. The smallest absolute Gasteiger partial charge is 0.249 e. The van der Waals surface area contributed by atoms with E-state index in [0.29, 0.717) is 18.8 Å². The molecule has 0 spiro atoms. The molecule has 2 aromatic heterocycles. The van der Waals surface area contributed by atoms with Crippen molar-refractivity contribution >= 4 is 23.2 Å². The number of aryl methyl sites for hydroxylation is 2. The van der Waals surface area contributed by atoms with Crippen molar-refractivity contribution in [1.82, 2.24) is 19.5 Å². The van der Waals surface area contributed by atoms with E-state index in [-0.39, 0.29) is 5.91 Å².